The molecule has 1 saturated heterocycles. The van der Waals surface area contributed by atoms with E-state index in [1.54, 1.807) is 0 Å². The van der Waals surface area contributed by atoms with Crippen molar-refractivity contribution in [3.05, 3.63) is 0 Å². The number of aromatic nitrogens is 3. The molecular formula is C11H18N4O3S. The lowest BCUT2D eigenvalue weighted by Crippen LogP contribution is -2.42. The zero-order valence-electron chi connectivity index (χ0n) is 11.1. The number of thioether (sulfide) groups is 1. The van der Waals surface area contributed by atoms with Crippen molar-refractivity contribution in [2.24, 2.45) is 0 Å². The maximum absolute atomic E-state index is 10.6. The first kappa shape index (κ1) is 14.1. The van der Waals surface area contributed by atoms with Crippen LogP contribution in [0.25, 0.3) is 0 Å². The second-order valence-electron chi connectivity index (χ2n) is 4.34. The number of aliphatic carboxylic acids is 1. The Balaban J connectivity index is 2.14. The molecule has 8 heteroatoms. The molecule has 1 aliphatic heterocycles. The Morgan fingerprint density at radius 2 is 2.37 bits per heavy atom. The van der Waals surface area contributed by atoms with Crippen LogP contribution in [0.3, 0.4) is 0 Å². The molecule has 1 aromatic heterocycles. The number of hydrogen-bond acceptors (Lipinski definition) is 6. The van der Waals surface area contributed by atoms with Crippen molar-refractivity contribution < 1.29 is 14.6 Å². The Hall–Kier alpha value is -1.28. The van der Waals surface area contributed by atoms with Crippen molar-refractivity contribution >= 4 is 23.7 Å². The van der Waals surface area contributed by atoms with Crippen LogP contribution in [0.15, 0.2) is 5.16 Å². The van der Waals surface area contributed by atoms with Crippen molar-refractivity contribution in [3.8, 4) is 0 Å². The molecule has 1 unspecified atom stereocenters. The van der Waals surface area contributed by atoms with E-state index in [0.29, 0.717) is 11.8 Å². The fraction of sp³-hybridized carbons (Fsp3) is 0.727. The molecule has 1 aliphatic rings. The molecule has 0 radical (unpaired) electrons. The molecule has 0 aromatic carbocycles. The van der Waals surface area contributed by atoms with Crippen LogP contribution < -0.4 is 4.90 Å². The van der Waals surface area contributed by atoms with Gasteiger partial charge in [-0.3, -0.25) is 9.36 Å². The SMILES string of the molecule is CCn1c(SCC(=O)O)nnc1N1CCOC(C)C1. The Morgan fingerprint density at radius 3 is 3.00 bits per heavy atom. The van der Waals surface area contributed by atoms with Gasteiger partial charge in [-0.05, 0) is 13.8 Å². The summed E-state index contributed by atoms with van der Waals surface area (Å²) in [5.41, 5.74) is 0. The molecule has 0 spiro atoms. The molecular weight excluding hydrogens is 268 g/mol. The number of nitrogens with zero attached hydrogens (tertiary/aromatic N) is 4. The van der Waals surface area contributed by atoms with Gasteiger partial charge in [0.15, 0.2) is 5.16 Å². The monoisotopic (exact) mass is 286 g/mol. The maximum Gasteiger partial charge on any atom is 0.313 e. The van der Waals surface area contributed by atoms with E-state index in [0.717, 1.165) is 25.6 Å². The Morgan fingerprint density at radius 1 is 1.58 bits per heavy atom. The normalized spacial score (nSPS) is 19.7. The van der Waals surface area contributed by atoms with Crippen molar-refractivity contribution in [3.63, 3.8) is 0 Å². The number of carboxylic acids is 1. The van der Waals surface area contributed by atoms with Gasteiger partial charge in [0.05, 0.1) is 18.5 Å². The highest BCUT2D eigenvalue weighted by atomic mass is 32.2. The first-order chi connectivity index (χ1) is 9.11. The van der Waals surface area contributed by atoms with Crippen molar-refractivity contribution in [2.45, 2.75) is 31.7 Å². The molecule has 1 atom stereocenters. The van der Waals surface area contributed by atoms with E-state index in [-0.39, 0.29) is 11.9 Å². The van der Waals surface area contributed by atoms with Gasteiger partial charge in [0.2, 0.25) is 5.95 Å². The highest BCUT2D eigenvalue weighted by molar-refractivity contribution is 7.99. The van der Waals surface area contributed by atoms with Crippen molar-refractivity contribution in [1.29, 1.82) is 0 Å². The van der Waals surface area contributed by atoms with E-state index in [2.05, 4.69) is 15.1 Å². The summed E-state index contributed by atoms with van der Waals surface area (Å²) in [5.74, 6) is -0.0554. The molecule has 0 bridgehead atoms. The molecule has 1 aromatic rings. The zero-order chi connectivity index (χ0) is 13.8. The standard InChI is InChI=1S/C11H18N4O3S/c1-3-15-10(14-4-5-18-8(2)6-14)12-13-11(15)19-7-9(16)17/h8H,3-7H2,1-2H3,(H,16,17). The second kappa shape index (κ2) is 6.25. The summed E-state index contributed by atoms with van der Waals surface area (Å²) in [4.78, 5) is 12.8. The fourth-order valence-electron chi connectivity index (χ4n) is 2.02. The predicted molar refractivity (Wildman–Crippen MR) is 71.7 cm³/mol. The van der Waals surface area contributed by atoms with Gasteiger partial charge < -0.3 is 14.7 Å². The number of ether oxygens (including phenoxy) is 1. The van der Waals surface area contributed by atoms with E-state index >= 15 is 0 Å². The summed E-state index contributed by atoms with van der Waals surface area (Å²) in [6.07, 6.45) is 0.172. The van der Waals surface area contributed by atoms with Crippen LogP contribution in [0.1, 0.15) is 13.8 Å². The second-order valence-corrected chi connectivity index (χ2v) is 5.28. The van der Waals surface area contributed by atoms with Crippen LogP contribution in [0.5, 0.6) is 0 Å². The summed E-state index contributed by atoms with van der Waals surface area (Å²) in [6.45, 7) is 6.99. The third-order valence-electron chi connectivity index (χ3n) is 2.86. The lowest BCUT2D eigenvalue weighted by molar-refractivity contribution is -0.133. The molecule has 0 saturated carbocycles. The minimum absolute atomic E-state index is 0.00233. The summed E-state index contributed by atoms with van der Waals surface area (Å²) in [5, 5.41) is 17.7. The number of carbonyl (C=O) groups is 1. The number of hydrogen-bond donors (Lipinski definition) is 1. The summed E-state index contributed by atoms with van der Waals surface area (Å²) in [7, 11) is 0. The molecule has 7 nitrogen and oxygen atoms in total. The van der Waals surface area contributed by atoms with E-state index < -0.39 is 5.97 Å². The highest BCUT2D eigenvalue weighted by Crippen LogP contribution is 2.23. The molecule has 106 valence electrons. The number of morpholine rings is 1. The van der Waals surface area contributed by atoms with Crippen LogP contribution in [0.2, 0.25) is 0 Å². The summed E-state index contributed by atoms with van der Waals surface area (Å²) in [6, 6.07) is 0. The lowest BCUT2D eigenvalue weighted by Gasteiger charge is -2.31. The lowest BCUT2D eigenvalue weighted by atomic mass is 10.3. The van der Waals surface area contributed by atoms with Gasteiger partial charge in [-0.2, -0.15) is 0 Å². The third kappa shape index (κ3) is 3.38. The predicted octanol–water partition coefficient (Wildman–Crippen LogP) is 0.700. The fourth-order valence-corrected chi connectivity index (χ4v) is 2.74. The largest absolute Gasteiger partial charge is 0.481 e. The van der Waals surface area contributed by atoms with Gasteiger partial charge in [-0.15, -0.1) is 10.2 Å². The van der Waals surface area contributed by atoms with Gasteiger partial charge in [0.1, 0.15) is 0 Å². The average molecular weight is 286 g/mol. The number of anilines is 1. The molecule has 0 amide bonds. The van der Waals surface area contributed by atoms with Crippen molar-refractivity contribution in [2.75, 3.05) is 30.3 Å². The van der Waals surface area contributed by atoms with E-state index in [1.807, 2.05) is 18.4 Å². The quantitative estimate of drug-likeness (QED) is 0.798. The first-order valence-electron chi connectivity index (χ1n) is 6.26. The Bertz CT molecular complexity index is 451. The summed E-state index contributed by atoms with van der Waals surface area (Å²) >= 11 is 1.20. The molecule has 0 aliphatic carbocycles. The number of rotatable bonds is 5. The van der Waals surface area contributed by atoms with E-state index in [1.165, 1.54) is 11.8 Å². The van der Waals surface area contributed by atoms with Gasteiger partial charge in [0.25, 0.3) is 0 Å². The van der Waals surface area contributed by atoms with E-state index in [9.17, 15) is 4.79 Å². The molecule has 2 rings (SSSR count). The Kier molecular flexibility index (Phi) is 4.65. The molecule has 2 heterocycles. The van der Waals surface area contributed by atoms with Crippen LogP contribution >= 0.6 is 11.8 Å². The zero-order valence-corrected chi connectivity index (χ0v) is 11.9. The van der Waals surface area contributed by atoms with Crippen LogP contribution in [-0.2, 0) is 16.1 Å². The molecule has 19 heavy (non-hydrogen) atoms. The molecule has 1 N–H and O–H groups in total. The Labute approximate surface area is 115 Å². The van der Waals surface area contributed by atoms with Crippen molar-refractivity contribution in [1.82, 2.24) is 14.8 Å². The van der Waals surface area contributed by atoms with Gasteiger partial charge in [-0.1, -0.05) is 11.8 Å². The van der Waals surface area contributed by atoms with Gasteiger partial charge in [-0.25, -0.2) is 0 Å². The van der Waals surface area contributed by atoms with Crippen LogP contribution in [-0.4, -0.2) is 57.4 Å². The minimum atomic E-state index is -0.850. The van der Waals surface area contributed by atoms with Crippen LogP contribution in [0.4, 0.5) is 5.95 Å². The van der Waals surface area contributed by atoms with Gasteiger partial charge in [0, 0.05) is 19.6 Å². The molecule has 1 fully saturated rings. The third-order valence-corrected chi connectivity index (χ3v) is 3.81. The number of carboxylic acid groups (broad SMARTS) is 1. The first-order valence-corrected chi connectivity index (χ1v) is 7.24. The topological polar surface area (TPSA) is 80.5 Å². The smallest absolute Gasteiger partial charge is 0.313 e. The highest BCUT2D eigenvalue weighted by Gasteiger charge is 2.23. The van der Waals surface area contributed by atoms with E-state index in [4.69, 9.17) is 9.84 Å². The van der Waals surface area contributed by atoms with Crippen LogP contribution in [0, 0.1) is 0 Å². The minimum Gasteiger partial charge on any atom is -0.481 e. The van der Waals surface area contributed by atoms with Gasteiger partial charge >= 0.3 is 5.97 Å². The summed E-state index contributed by atoms with van der Waals surface area (Å²) < 4.78 is 7.46. The maximum atomic E-state index is 10.6. The average Bonchev–Trinajstić information content (AvgIpc) is 2.79.